The van der Waals surface area contributed by atoms with Crippen LogP contribution in [0.25, 0.3) is 61.1 Å². The summed E-state index contributed by atoms with van der Waals surface area (Å²) in [6.45, 7) is 7.01. The van der Waals surface area contributed by atoms with Crippen LogP contribution in [-0.4, -0.2) is 4.57 Å². The molecule has 0 saturated heterocycles. The predicted molar refractivity (Wildman–Crippen MR) is 238 cm³/mol. The summed E-state index contributed by atoms with van der Waals surface area (Å²) in [6, 6.07) is 62.5. The molecule has 0 N–H and O–H groups in total. The van der Waals surface area contributed by atoms with E-state index in [4.69, 9.17) is 0 Å². The van der Waals surface area contributed by atoms with E-state index < -0.39 is 0 Å². The van der Waals surface area contributed by atoms with Gasteiger partial charge in [0.15, 0.2) is 0 Å². The molecule has 2 heteroatoms. The fourth-order valence-electron chi connectivity index (χ4n) is 9.08. The standard InChI is InChI=1S/C54H44N2/c1-37-14-12-19-42(34-37)55-33-32-49-45(21-13-23-53(49)55)46-30-28-43(35-50(46)40-17-8-5-9-18-40)56(41-26-24-39(25-27-41)38-15-6-4-7-16-38)44-29-31-48-47-20-10-11-22-51(47)54(2,3)52(48)36-44/h4-13,15-37H,14H2,1-3H3. The zero-order valence-electron chi connectivity index (χ0n) is 32.2. The van der Waals surface area contributed by atoms with Crippen molar-refractivity contribution in [3.05, 3.63) is 205 Å². The van der Waals surface area contributed by atoms with Crippen LogP contribution in [-0.2, 0) is 5.41 Å². The minimum atomic E-state index is -0.111. The van der Waals surface area contributed by atoms with Gasteiger partial charge in [-0.05, 0) is 123 Å². The van der Waals surface area contributed by atoms with Crippen molar-refractivity contribution >= 4 is 33.7 Å². The van der Waals surface area contributed by atoms with Crippen molar-refractivity contribution in [1.82, 2.24) is 4.57 Å². The molecule has 8 aromatic rings. The van der Waals surface area contributed by atoms with Crippen LogP contribution in [0.4, 0.5) is 17.1 Å². The highest BCUT2D eigenvalue weighted by Gasteiger charge is 2.35. The van der Waals surface area contributed by atoms with Gasteiger partial charge in [-0.25, -0.2) is 0 Å². The lowest BCUT2D eigenvalue weighted by molar-refractivity contribution is 0.660. The molecule has 56 heavy (non-hydrogen) atoms. The van der Waals surface area contributed by atoms with Gasteiger partial charge in [-0.1, -0.05) is 154 Å². The van der Waals surface area contributed by atoms with E-state index in [0.29, 0.717) is 5.92 Å². The first kappa shape index (κ1) is 33.9. The molecular formula is C54H44N2. The Balaban J connectivity index is 1.15. The molecule has 0 fully saturated rings. The van der Waals surface area contributed by atoms with Gasteiger partial charge in [0, 0.05) is 39.8 Å². The first-order chi connectivity index (χ1) is 27.4. The summed E-state index contributed by atoms with van der Waals surface area (Å²) >= 11 is 0. The third-order valence-electron chi connectivity index (χ3n) is 12.0. The molecule has 0 bridgehead atoms. The average molecular weight is 721 g/mol. The van der Waals surface area contributed by atoms with Gasteiger partial charge in [-0.15, -0.1) is 0 Å². The minimum Gasteiger partial charge on any atom is -0.317 e. The Kier molecular flexibility index (Phi) is 8.22. The van der Waals surface area contributed by atoms with Crippen molar-refractivity contribution in [3.63, 3.8) is 0 Å². The molecule has 2 aliphatic carbocycles. The molecule has 10 rings (SSSR count). The van der Waals surface area contributed by atoms with Gasteiger partial charge >= 0.3 is 0 Å². The molecule has 7 aromatic carbocycles. The summed E-state index contributed by atoms with van der Waals surface area (Å²) in [5.41, 5.74) is 18.4. The second-order valence-corrected chi connectivity index (χ2v) is 15.9. The Labute approximate surface area is 330 Å². The second-order valence-electron chi connectivity index (χ2n) is 15.9. The topological polar surface area (TPSA) is 8.17 Å². The van der Waals surface area contributed by atoms with Crippen LogP contribution < -0.4 is 4.90 Å². The van der Waals surface area contributed by atoms with Crippen molar-refractivity contribution in [3.8, 4) is 44.5 Å². The Hall–Kier alpha value is -6.64. The molecule has 0 spiro atoms. The lowest BCUT2D eigenvalue weighted by atomic mass is 9.82. The fraction of sp³-hybridized carbons (Fsp3) is 0.111. The van der Waals surface area contributed by atoms with Gasteiger partial charge in [-0.2, -0.15) is 0 Å². The molecule has 0 saturated carbocycles. The molecule has 1 atom stereocenters. The van der Waals surface area contributed by atoms with Crippen LogP contribution in [0.3, 0.4) is 0 Å². The number of hydrogen-bond acceptors (Lipinski definition) is 1. The molecular weight excluding hydrogens is 677 g/mol. The molecule has 1 unspecified atom stereocenters. The average Bonchev–Trinajstić information content (AvgIpc) is 3.78. The zero-order valence-corrected chi connectivity index (χ0v) is 32.2. The third kappa shape index (κ3) is 5.72. The molecule has 0 amide bonds. The van der Waals surface area contributed by atoms with E-state index in [-0.39, 0.29) is 5.41 Å². The quantitative estimate of drug-likeness (QED) is 0.159. The maximum absolute atomic E-state index is 2.43. The van der Waals surface area contributed by atoms with Crippen molar-refractivity contribution in [2.45, 2.75) is 32.6 Å². The van der Waals surface area contributed by atoms with E-state index in [0.717, 1.165) is 23.5 Å². The van der Waals surface area contributed by atoms with Crippen LogP contribution in [0.1, 0.15) is 38.3 Å². The molecule has 270 valence electrons. The lowest BCUT2D eigenvalue weighted by Crippen LogP contribution is -2.16. The second kappa shape index (κ2) is 13.6. The van der Waals surface area contributed by atoms with Crippen molar-refractivity contribution in [2.24, 2.45) is 5.92 Å². The summed E-state index contributed by atoms with van der Waals surface area (Å²) in [5.74, 6) is 0.525. The van der Waals surface area contributed by atoms with Crippen molar-refractivity contribution in [2.75, 3.05) is 4.90 Å². The summed E-state index contributed by atoms with van der Waals surface area (Å²) < 4.78 is 2.34. The first-order valence-electron chi connectivity index (χ1n) is 19.8. The molecule has 1 heterocycles. The van der Waals surface area contributed by atoms with Crippen molar-refractivity contribution < 1.29 is 0 Å². The summed E-state index contributed by atoms with van der Waals surface area (Å²) in [4.78, 5) is 2.43. The SMILES string of the molecule is CC1C=C(n2ccc3c(-c4ccc(N(c5ccc(-c6ccccc6)cc5)c5ccc6c(c5)C(C)(C)c5ccccc5-6)cc4-c4ccccc4)cccc32)C=CC1. The van der Waals surface area contributed by atoms with Gasteiger partial charge in [0.05, 0.1) is 5.52 Å². The van der Waals surface area contributed by atoms with E-state index in [1.54, 1.807) is 0 Å². The number of nitrogens with zero attached hydrogens (tertiary/aromatic N) is 2. The summed E-state index contributed by atoms with van der Waals surface area (Å²) in [7, 11) is 0. The minimum absolute atomic E-state index is 0.111. The summed E-state index contributed by atoms with van der Waals surface area (Å²) in [5, 5.41) is 1.25. The normalized spacial score (nSPS) is 15.3. The van der Waals surface area contributed by atoms with E-state index in [2.05, 4.69) is 225 Å². The van der Waals surface area contributed by atoms with E-state index in [1.165, 1.54) is 72.2 Å². The van der Waals surface area contributed by atoms with Gasteiger partial charge in [0.1, 0.15) is 0 Å². The van der Waals surface area contributed by atoms with Crippen LogP contribution in [0.5, 0.6) is 0 Å². The Morgan fingerprint density at radius 1 is 0.518 bits per heavy atom. The third-order valence-corrected chi connectivity index (χ3v) is 12.0. The van der Waals surface area contributed by atoms with Gasteiger partial charge in [0.25, 0.3) is 0 Å². The van der Waals surface area contributed by atoms with E-state index >= 15 is 0 Å². The van der Waals surface area contributed by atoms with E-state index in [1.807, 2.05) is 0 Å². The number of aromatic nitrogens is 1. The maximum atomic E-state index is 2.43. The highest BCUT2D eigenvalue weighted by molar-refractivity contribution is 6.02. The Morgan fingerprint density at radius 2 is 1.14 bits per heavy atom. The van der Waals surface area contributed by atoms with Crippen LogP contribution in [0, 0.1) is 5.92 Å². The summed E-state index contributed by atoms with van der Waals surface area (Å²) in [6.07, 6.45) is 10.3. The number of rotatable bonds is 7. The number of benzene rings is 7. The van der Waals surface area contributed by atoms with Gasteiger partial charge in [-0.3, -0.25) is 0 Å². The molecule has 2 aliphatic rings. The highest BCUT2D eigenvalue weighted by atomic mass is 15.1. The molecule has 0 aliphatic heterocycles. The largest absolute Gasteiger partial charge is 0.317 e. The maximum Gasteiger partial charge on any atom is 0.0534 e. The molecule has 1 aromatic heterocycles. The smallest absolute Gasteiger partial charge is 0.0534 e. The Bertz CT molecular complexity index is 2800. The van der Waals surface area contributed by atoms with Gasteiger partial charge in [0.2, 0.25) is 0 Å². The zero-order chi connectivity index (χ0) is 37.8. The molecule has 0 radical (unpaired) electrons. The Morgan fingerprint density at radius 3 is 1.91 bits per heavy atom. The lowest BCUT2D eigenvalue weighted by Gasteiger charge is -2.29. The van der Waals surface area contributed by atoms with Gasteiger partial charge < -0.3 is 9.47 Å². The number of hydrogen-bond donors (Lipinski definition) is 0. The highest BCUT2D eigenvalue weighted by Crippen LogP contribution is 2.51. The number of anilines is 3. The fourth-order valence-corrected chi connectivity index (χ4v) is 9.08. The monoisotopic (exact) mass is 720 g/mol. The van der Waals surface area contributed by atoms with Crippen LogP contribution in [0.15, 0.2) is 194 Å². The first-order valence-corrected chi connectivity index (χ1v) is 19.8. The molecule has 2 nitrogen and oxygen atoms in total. The number of allylic oxidation sites excluding steroid dienone is 4. The predicted octanol–water partition coefficient (Wildman–Crippen LogP) is 14.9. The van der Waals surface area contributed by atoms with Crippen LogP contribution in [0.2, 0.25) is 0 Å². The van der Waals surface area contributed by atoms with Crippen molar-refractivity contribution in [1.29, 1.82) is 0 Å². The number of fused-ring (bicyclic) bond motifs is 4. The van der Waals surface area contributed by atoms with Crippen LogP contribution >= 0.6 is 0 Å². The van der Waals surface area contributed by atoms with E-state index in [9.17, 15) is 0 Å².